The second-order valence-corrected chi connectivity index (χ2v) is 9.19. The third-order valence-corrected chi connectivity index (χ3v) is 5.92. The molecule has 0 fully saturated rings. The largest absolute Gasteiger partial charge is 0.276 e. The summed E-state index contributed by atoms with van der Waals surface area (Å²) in [7, 11) is -8.51. The Morgan fingerprint density at radius 3 is 2.03 bits per heavy atom. The van der Waals surface area contributed by atoms with Gasteiger partial charge in [-0.05, 0) is 34.9 Å². The van der Waals surface area contributed by atoms with Gasteiger partial charge in [-0.15, -0.1) is 0 Å². The molecule has 29 heavy (non-hydrogen) atoms. The SMILES string of the molecule is NS(=O)(=O)c1cccc(F)c1NS(=O)(=O)C=Cc1ccc(-c2ccccc2)cc1. The summed E-state index contributed by atoms with van der Waals surface area (Å²) in [5, 5.41) is 5.85. The molecule has 150 valence electrons. The summed E-state index contributed by atoms with van der Waals surface area (Å²) in [6, 6.07) is 19.9. The Hall–Kier alpha value is -3.01. The average molecular weight is 432 g/mol. The van der Waals surface area contributed by atoms with E-state index in [-0.39, 0.29) is 0 Å². The van der Waals surface area contributed by atoms with Crippen LogP contribution in [0.1, 0.15) is 5.56 Å². The van der Waals surface area contributed by atoms with E-state index >= 15 is 0 Å². The fraction of sp³-hybridized carbons (Fsp3) is 0. The van der Waals surface area contributed by atoms with Crippen molar-refractivity contribution in [3.8, 4) is 11.1 Å². The molecule has 0 radical (unpaired) electrons. The predicted octanol–water partition coefficient (Wildman–Crippen LogP) is 3.55. The molecule has 3 rings (SSSR count). The summed E-state index contributed by atoms with van der Waals surface area (Å²) in [5.74, 6) is -1.05. The van der Waals surface area contributed by atoms with Crippen LogP contribution in [0.5, 0.6) is 0 Å². The lowest BCUT2D eigenvalue weighted by molar-refractivity contribution is 0.593. The highest BCUT2D eigenvalue weighted by Crippen LogP contribution is 2.25. The maximum atomic E-state index is 14.0. The van der Waals surface area contributed by atoms with Crippen molar-refractivity contribution in [2.45, 2.75) is 4.90 Å². The first-order valence-corrected chi connectivity index (χ1v) is 11.4. The first-order valence-electron chi connectivity index (χ1n) is 8.33. The number of primary sulfonamides is 1. The molecular weight excluding hydrogens is 415 g/mol. The molecule has 0 unspecified atom stereocenters. The summed E-state index contributed by atoms with van der Waals surface area (Å²) in [5.41, 5.74) is 1.86. The van der Waals surface area contributed by atoms with E-state index in [1.54, 1.807) is 12.1 Å². The van der Waals surface area contributed by atoms with Crippen LogP contribution >= 0.6 is 0 Å². The minimum atomic E-state index is -4.32. The maximum absolute atomic E-state index is 14.0. The van der Waals surface area contributed by atoms with Gasteiger partial charge in [0.25, 0.3) is 10.0 Å². The molecule has 0 bridgehead atoms. The zero-order valence-electron chi connectivity index (χ0n) is 15.0. The van der Waals surface area contributed by atoms with Crippen LogP contribution in [0.2, 0.25) is 0 Å². The van der Waals surface area contributed by atoms with Crippen LogP contribution in [-0.4, -0.2) is 16.8 Å². The molecule has 0 aromatic heterocycles. The van der Waals surface area contributed by atoms with Crippen LogP contribution in [0.3, 0.4) is 0 Å². The summed E-state index contributed by atoms with van der Waals surface area (Å²) in [6.07, 6.45) is 1.31. The number of hydrogen-bond donors (Lipinski definition) is 2. The topological polar surface area (TPSA) is 106 Å². The van der Waals surface area contributed by atoms with Crippen LogP contribution in [0.25, 0.3) is 17.2 Å². The molecule has 0 saturated carbocycles. The van der Waals surface area contributed by atoms with Crippen LogP contribution in [-0.2, 0) is 20.0 Å². The van der Waals surface area contributed by atoms with E-state index in [0.717, 1.165) is 34.7 Å². The van der Waals surface area contributed by atoms with Gasteiger partial charge in [0.1, 0.15) is 16.4 Å². The fourth-order valence-corrected chi connectivity index (χ4v) is 4.26. The Balaban J connectivity index is 1.83. The van der Waals surface area contributed by atoms with Crippen LogP contribution in [0, 0.1) is 5.82 Å². The number of para-hydroxylation sites is 1. The molecule has 0 aliphatic heterocycles. The number of nitrogens with two attached hydrogens (primary N) is 1. The summed E-state index contributed by atoms with van der Waals surface area (Å²) < 4.78 is 63.7. The second-order valence-electron chi connectivity index (χ2n) is 6.10. The molecule has 0 spiro atoms. The van der Waals surface area contributed by atoms with Crippen molar-refractivity contribution >= 4 is 31.8 Å². The minimum Gasteiger partial charge on any atom is -0.276 e. The maximum Gasteiger partial charge on any atom is 0.255 e. The third-order valence-electron chi connectivity index (χ3n) is 3.98. The van der Waals surface area contributed by atoms with Gasteiger partial charge in [-0.1, -0.05) is 60.7 Å². The quantitative estimate of drug-likeness (QED) is 0.621. The van der Waals surface area contributed by atoms with Gasteiger partial charge in [0.15, 0.2) is 0 Å². The molecule has 0 aliphatic rings. The Morgan fingerprint density at radius 2 is 1.41 bits per heavy atom. The Bertz CT molecular complexity index is 1260. The Kier molecular flexibility index (Phi) is 5.83. The molecule has 0 aliphatic carbocycles. The van der Waals surface area contributed by atoms with E-state index in [2.05, 4.69) is 0 Å². The van der Waals surface area contributed by atoms with Gasteiger partial charge >= 0.3 is 0 Å². The first-order chi connectivity index (χ1) is 13.7. The van der Waals surface area contributed by atoms with Crippen molar-refractivity contribution in [3.05, 3.63) is 89.6 Å². The van der Waals surface area contributed by atoms with Crippen molar-refractivity contribution in [3.63, 3.8) is 0 Å². The second kappa shape index (κ2) is 8.16. The van der Waals surface area contributed by atoms with E-state index in [1.165, 1.54) is 6.08 Å². The van der Waals surface area contributed by atoms with E-state index in [1.807, 2.05) is 47.2 Å². The van der Waals surface area contributed by atoms with Gasteiger partial charge in [0, 0.05) is 0 Å². The third kappa shape index (κ3) is 5.29. The van der Waals surface area contributed by atoms with Crippen molar-refractivity contribution < 1.29 is 21.2 Å². The van der Waals surface area contributed by atoms with Crippen LogP contribution < -0.4 is 9.86 Å². The molecule has 0 amide bonds. The van der Waals surface area contributed by atoms with Gasteiger partial charge in [0.2, 0.25) is 10.0 Å². The molecule has 0 saturated heterocycles. The molecular formula is C20H17FN2O4S2. The smallest absolute Gasteiger partial charge is 0.255 e. The molecule has 9 heteroatoms. The lowest BCUT2D eigenvalue weighted by atomic mass is 10.0. The summed E-state index contributed by atoms with van der Waals surface area (Å²) in [6.45, 7) is 0. The molecule has 3 aromatic rings. The number of sulfonamides is 2. The predicted molar refractivity (Wildman–Crippen MR) is 111 cm³/mol. The monoisotopic (exact) mass is 432 g/mol. The standard InChI is InChI=1S/C20H17FN2O4S2/c21-18-7-4-8-19(29(22,26)27)20(18)23-28(24,25)14-13-15-9-11-17(12-10-15)16-5-2-1-3-6-16/h1-14,23H,(H2,22,26,27). The first kappa shape index (κ1) is 20.7. The lowest BCUT2D eigenvalue weighted by Crippen LogP contribution is -2.18. The van der Waals surface area contributed by atoms with Crippen molar-refractivity contribution in [1.82, 2.24) is 0 Å². The van der Waals surface area contributed by atoms with Gasteiger partial charge in [0.05, 0.1) is 5.41 Å². The van der Waals surface area contributed by atoms with E-state index < -0.39 is 36.4 Å². The summed E-state index contributed by atoms with van der Waals surface area (Å²) in [4.78, 5) is -0.651. The van der Waals surface area contributed by atoms with Crippen molar-refractivity contribution in [1.29, 1.82) is 0 Å². The number of anilines is 1. The minimum absolute atomic E-state index is 0.593. The number of rotatable bonds is 6. The Morgan fingerprint density at radius 1 is 0.793 bits per heavy atom. The number of halogens is 1. The highest BCUT2D eigenvalue weighted by Gasteiger charge is 2.20. The van der Waals surface area contributed by atoms with Crippen molar-refractivity contribution in [2.24, 2.45) is 5.14 Å². The van der Waals surface area contributed by atoms with Crippen LogP contribution in [0.15, 0.2) is 83.1 Å². The van der Waals surface area contributed by atoms with E-state index in [9.17, 15) is 21.2 Å². The van der Waals surface area contributed by atoms with Gasteiger partial charge < -0.3 is 0 Å². The normalized spacial score (nSPS) is 12.2. The molecule has 3 aromatic carbocycles. The number of benzene rings is 3. The van der Waals surface area contributed by atoms with Gasteiger partial charge in [-0.3, -0.25) is 4.72 Å². The highest BCUT2D eigenvalue weighted by atomic mass is 32.2. The average Bonchev–Trinajstić information content (AvgIpc) is 2.68. The van der Waals surface area contributed by atoms with Crippen LogP contribution in [0.4, 0.5) is 10.1 Å². The van der Waals surface area contributed by atoms with Gasteiger partial charge in [-0.25, -0.2) is 26.4 Å². The molecule has 6 nitrogen and oxygen atoms in total. The van der Waals surface area contributed by atoms with E-state index in [0.29, 0.717) is 5.56 Å². The Labute approximate surface area is 168 Å². The van der Waals surface area contributed by atoms with Crippen molar-refractivity contribution in [2.75, 3.05) is 4.72 Å². The highest BCUT2D eigenvalue weighted by molar-refractivity contribution is 7.95. The number of nitrogens with one attached hydrogen (secondary N) is 1. The molecule has 0 atom stereocenters. The van der Waals surface area contributed by atoms with Gasteiger partial charge in [-0.2, -0.15) is 0 Å². The van der Waals surface area contributed by atoms with E-state index in [4.69, 9.17) is 5.14 Å². The number of hydrogen-bond acceptors (Lipinski definition) is 4. The zero-order chi connectivity index (χ0) is 21.1. The summed E-state index contributed by atoms with van der Waals surface area (Å²) >= 11 is 0. The molecule has 3 N–H and O–H groups in total. The molecule has 0 heterocycles. The zero-order valence-corrected chi connectivity index (χ0v) is 16.6. The fourth-order valence-electron chi connectivity index (χ4n) is 2.60. The lowest BCUT2D eigenvalue weighted by Gasteiger charge is -2.10.